The van der Waals surface area contributed by atoms with E-state index in [0.29, 0.717) is 5.75 Å². The second kappa shape index (κ2) is 9.01. The number of amides is 1. The molecule has 0 spiro atoms. The Bertz CT molecular complexity index is 1270. The summed E-state index contributed by atoms with van der Waals surface area (Å²) in [6.07, 6.45) is -0.526. The molecular formula is C30H23NO2. The van der Waals surface area contributed by atoms with Crippen LogP contribution in [0.1, 0.15) is 16.7 Å². The SMILES string of the molecule is O=C(NC(c1ccccc1)(c1ccccc1)c1ccccc1)Oc1ccc2ccccc2c1. The van der Waals surface area contributed by atoms with Gasteiger partial charge in [0.2, 0.25) is 0 Å². The number of nitrogens with one attached hydrogen (secondary N) is 1. The van der Waals surface area contributed by atoms with Crippen LogP contribution in [-0.4, -0.2) is 6.09 Å². The molecule has 0 fully saturated rings. The second-order valence-corrected chi connectivity index (χ2v) is 7.87. The Morgan fingerprint density at radius 3 is 1.52 bits per heavy atom. The third-order valence-corrected chi connectivity index (χ3v) is 5.84. The van der Waals surface area contributed by atoms with E-state index in [1.54, 1.807) is 0 Å². The average molecular weight is 430 g/mol. The standard InChI is InChI=1S/C30H23NO2/c32-29(33-28-21-20-23-12-10-11-13-24(23)22-28)31-30(25-14-4-1-5-15-25,26-16-6-2-7-17-26)27-18-8-3-9-19-27/h1-22H,(H,31,32). The summed E-state index contributed by atoms with van der Waals surface area (Å²) in [7, 11) is 0. The highest BCUT2D eigenvalue weighted by Gasteiger charge is 2.38. The van der Waals surface area contributed by atoms with Crippen LogP contribution in [0.3, 0.4) is 0 Å². The summed E-state index contributed by atoms with van der Waals surface area (Å²) >= 11 is 0. The molecule has 3 nitrogen and oxygen atoms in total. The third kappa shape index (κ3) is 4.09. The smallest absolute Gasteiger partial charge is 0.410 e. The predicted octanol–water partition coefficient (Wildman–Crippen LogP) is 6.92. The lowest BCUT2D eigenvalue weighted by Crippen LogP contribution is -2.48. The van der Waals surface area contributed by atoms with Gasteiger partial charge in [-0.3, -0.25) is 0 Å². The number of carbonyl (C=O) groups excluding carboxylic acids is 1. The van der Waals surface area contributed by atoms with Gasteiger partial charge in [-0.1, -0.05) is 121 Å². The number of ether oxygens (including phenoxy) is 1. The van der Waals surface area contributed by atoms with Crippen LogP contribution >= 0.6 is 0 Å². The van der Waals surface area contributed by atoms with Crippen molar-refractivity contribution in [1.82, 2.24) is 5.32 Å². The minimum Gasteiger partial charge on any atom is -0.410 e. The number of hydrogen-bond donors (Lipinski definition) is 1. The van der Waals surface area contributed by atoms with Crippen molar-refractivity contribution in [3.8, 4) is 5.75 Å². The fourth-order valence-electron chi connectivity index (χ4n) is 4.30. The molecule has 0 radical (unpaired) electrons. The van der Waals surface area contributed by atoms with Crippen LogP contribution in [-0.2, 0) is 5.54 Å². The first kappa shape index (κ1) is 20.5. The van der Waals surface area contributed by atoms with Gasteiger partial charge in [0, 0.05) is 0 Å². The molecule has 0 aliphatic heterocycles. The topological polar surface area (TPSA) is 38.3 Å². The molecule has 5 aromatic rings. The van der Waals surface area contributed by atoms with E-state index >= 15 is 0 Å². The molecule has 1 N–H and O–H groups in total. The normalized spacial score (nSPS) is 11.2. The molecule has 0 saturated heterocycles. The van der Waals surface area contributed by atoms with E-state index in [-0.39, 0.29) is 0 Å². The highest BCUT2D eigenvalue weighted by atomic mass is 16.6. The molecule has 5 aromatic carbocycles. The molecule has 0 aromatic heterocycles. The van der Waals surface area contributed by atoms with E-state index in [2.05, 4.69) is 5.32 Å². The van der Waals surface area contributed by atoms with Crippen LogP contribution in [0.25, 0.3) is 10.8 Å². The Morgan fingerprint density at radius 2 is 1.00 bits per heavy atom. The summed E-state index contributed by atoms with van der Waals surface area (Å²) < 4.78 is 5.79. The Kier molecular flexibility index (Phi) is 5.61. The van der Waals surface area contributed by atoms with Gasteiger partial charge in [-0.25, -0.2) is 4.79 Å². The van der Waals surface area contributed by atoms with Crippen LogP contribution < -0.4 is 10.1 Å². The summed E-state index contributed by atoms with van der Waals surface area (Å²) in [6.45, 7) is 0. The highest BCUT2D eigenvalue weighted by Crippen LogP contribution is 2.37. The Balaban J connectivity index is 1.58. The zero-order valence-corrected chi connectivity index (χ0v) is 18.0. The van der Waals surface area contributed by atoms with E-state index in [1.807, 2.05) is 133 Å². The van der Waals surface area contributed by atoms with Crippen molar-refractivity contribution in [2.45, 2.75) is 5.54 Å². The molecule has 1 amide bonds. The van der Waals surface area contributed by atoms with Crippen molar-refractivity contribution >= 4 is 16.9 Å². The van der Waals surface area contributed by atoms with Crippen molar-refractivity contribution < 1.29 is 9.53 Å². The van der Waals surface area contributed by atoms with Crippen LogP contribution in [0, 0.1) is 0 Å². The maximum atomic E-state index is 13.4. The molecule has 0 aliphatic carbocycles. The van der Waals surface area contributed by atoms with Gasteiger partial charge in [0.25, 0.3) is 0 Å². The first-order chi connectivity index (χ1) is 16.3. The fourth-order valence-corrected chi connectivity index (χ4v) is 4.30. The van der Waals surface area contributed by atoms with Crippen molar-refractivity contribution in [2.24, 2.45) is 0 Å². The Labute approximate surface area is 193 Å². The van der Waals surface area contributed by atoms with Crippen LogP contribution in [0.15, 0.2) is 133 Å². The van der Waals surface area contributed by atoms with Crippen LogP contribution in [0.4, 0.5) is 4.79 Å². The number of rotatable bonds is 5. The first-order valence-electron chi connectivity index (χ1n) is 10.9. The highest BCUT2D eigenvalue weighted by molar-refractivity contribution is 5.85. The first-order valence-corrected chi connectivity index (χ1v) is 10.9. The van der Waals surface area contributed by atoms with E-state index in [4.69, 9.17) is 4.74 Å². The van der Waals surface area contributed by atoms with Gasteiger partial charge in [-0.15, -0.1) is 0 Å². The quantitative estimate of drug-likeness (QED) is 0.308. The zero-order chi connectivity index (χ0) is 22.5. The van der Waals surface area contributed by atoms with E-state index in [0.717, 1.165) is 27.5 Å². The predicted molar refractivity (Wildman–Crippen MR) is 132 cm³/mol. The molecule has 33 heavy (non-hydrogen) atoms. The maximum absolute atomic E-state index is 13.4. The van der Waals surface area contributed by atoms with Gasteiger partial charge in [0.15, 0.2) is 0 Å². The van der Waals surface area contributed by atoms with Crippen LogP contribution in [0.5, 0.6) is 5.75 Å². The van der Waals surface area contributed by atoms with E-state index in [1.165, 1.54) is 0 Å². The molecule has 0 unspecified atom stereocenters. The van der Waals surface area contributed by atoms with Gasteiger partial charge >= 0.3 is 6.09 Å². The van der Waals surface area contributed by atoms with Crippen LogP contribution in [0.2, 0.25) is 0 Å². The van der Waals surface area contributed by atoms with Crippen molar-refractivity contribution in [2.75, 3.05) is 0 Å². The number of fused-ring (bicyclic) bond motifs is 1. The monoisotopic (exact) mass is 429 g/mol. The fraction of sp³-hybridized carbons (Fsp3) is 0.0333. The van der Waals surface area contributed by atoms with Gasteiger partial charge in [-0.05, 0) is 39.6 Å². The lowest BCUT2D eigenvalue weighted by atomic mass is 9.77. The summed E-state index contributed by atoms with van der Waals surface area (Å²) in [5.41, 5.74) is 1.91. The zero-order valence-electron chi connectivity index (χ0n) is 18.0. The van der Waals surface area contributed by atoms with Crippen molar-refractivity contribution in [3.63, 3.8) is 0 Å². The van der Waals surface area contributed by atoms with Crippen molar-refractivity contribution in [1.29, 1.82) is 0 Å². The Morgan fingerprint density at radius 1 is 0.545 bits per heavy atom. The minimum atomic E-state index is -0.919. The molecule has 0 heterocycles. The number of carbonyl (C=O) groups is 1. The second-order valence-electron chi connectivity index (χ2n) is 7.87. The maximum Gasteiger partial charge on any atom is 0.413 e. The average Bonchev–Trinajstić information content (AvgIpc) is 2.89. The van der Waals surface area contributed by atoms with Gasteiger partial charge in [0.05, 0.1) is 0 Å². The van der Waals surface area contributed by atoms with E-state index in [9.17, 15) is 4.79 Å². The Hall–Kier alpha value is -4.37. The molecule has 0 aliphatic rings. The third-order valence-electron chi connectivity index (χ3n) is 5.84. The minimum absolute atomic E-state index is 0.495. The summed E-state index contributed by atoms with van der Waals surface area (Å²) in [4.78, 5) is 13.4. The van der Waals surface area contributed by atoms with Gasteiger partial charge in [0.1, 0.15) is 11.3 Å². The van der Waals surface area contributed by atoms with Gasteiger partial charge in [-0.2, -0.15) is 0 Å². The molecular weight excluding hydrogens is 406 g/mol. The molecule has 160 valence electrons. The molecule has 5 rings (SSSR count). The number of hydrogen-bond acceptors (Lipinski definition) is 2. The van der Waals surface area contributed by atoms with E-state index < -0.39 is 11.6 Å². The summed E-state index contributed by atoms with van der Waals surface area (Å²) in [6, 6.07) is 43.6. The summed E-state index contributed by atoms with van der Waals surface area (Å²) in [5.74, 6) is 0.495. The van der Waals surface area contributed by atoms with Gasteiger partial charge < -0.3 is 10.1 Å². The molecule has 3 heteroatoms. The lowest BCUT2D eigenvalue weighted by Gasteiger charge is -2.36. The van der Waals surface area contributed by atoms with Crippen molar-refractivity contribution in [3.05, 3.63) is 150 Å². The lowest BCUT2D eigenvalue weighted by molar-refractivity contribution is 0.192. The summed E-state index contributed by atoms with van der Waals surface area (Å²) in [5, 5.41) is 5.33. The molecule has 0 atom stereocenters. The number of benzene rings is 5. The molecule has 0 saturated carbocycles. The molecule has 0 bridgehead atoms. The largest absolute Gasteiger partial charge is 0.413 e.